The highest BCUT2D eigenvalue weighted by Crippen LogP contribution is 2.34. The number of alkyl halides is 1. The fourth-order valence-electron chi connectivity index (χ4n) is 2.39. The number of methoxy groups -OCH3 is 2. The zero-order valence-electron chi connectivity index (χ0n) is 15.3. The molecule has 0 saturated carbocycles. The Morgan fingerprint density at radius 3 is 2.29 bits per heavy atom. The molecule has 8 nitrogen and oxygen atoms in total. The van der Waals surface area contributed by atoms with Gasteiger partial charge in [-0.25, -0.2) is 9.59 Å². The van der Waals surface area contributed by atoms with Gasteiger partial charge < -0.3 is 20.1 Å². The zero-order valence-corrected chi connectivity index (χ0v) is 16.8. The lowest BCUT2D eigenvalue weighted by molar-refractivity contribution is -0.113. The number of thiophene rings is 1. The van der Waals surface area contributed by atoms with Crippen molar-refractivity contribution in [2.75, 3.05) is 30.7 Å². The molecule has 2 N–H and O–H groups in total. The second kappa shape index (κ2) is 9.34. The van der Waals surface area contributed by atoms with Crippen molar-refractivity contribution in [2.45, 2.75) is 6.92 Å². The van der Waals surface area contributed by atoms with Crippen LogP contribution in [0.25, 0.3) is 0 Å². The van der Waals surface area contributed by atoms with Gasteiger partial charge >= 0.3 is 11.9 Å². The van der Waals surface area contributed by atoms with Gasteiger partial charge in [0.05, 0.1) is 35.9 Å². The summed E-state index contributed by atoms with van der Waals surface area (Å²) in [7, 11) is 2.43. The first-order valence-electron chi connectivity index (χ1n) is 7.90. The summed E-state index contributed by atoms with van der Waals surface area (Å²) in [4.78, 5) is 48.6. The quantitative estimate of drug-likeness (QED) is 0.544. The lowest BCUT2D eigenvalue weighted by Crippen LogP contribution is -2.16. The maximum Gasteiger partial charge on any atom is 0.341 e. The van der Waals surface area contributed by atoms with Crippen molar-refractivity contribution in [3.8, 4) is 0 Å². The molecule has 0 aliphatic heterocycles. The average Bonchev–Trinajstić information content (AvgIpc) is 3.02. The largest absolute Gasteiger partial charge is 0.465 e. The lowest BCUT2D eigenvalue weighted by Gasteiger charge is -2.09. The number of rotatable bonds is 6. The monoisotopic (exact) mass is 424 g/mol. The first kappa shape index (κ1) is 21.4. The van der Waals surface area contributed by atoms with Crippen LogP contribution < -0.4 is 10.6 Å². The van der Waals surface area contributed by atoms with E-state index in [0.29, 0.717) is 5.56 Å². The van der Waals surface area contributed by atoms with E-state index >= 15 is 0 Å². The number of benzene rings is 1. The molecule has 0 unspecified atom stereocenters. The molecule has 2 aromatic rings. The number of hydrogen-bond acceptors (Lipinski definition) is 7. The third kappa shape index (κ3) is 4.49. The van der Waals surface area contributed by atoms with E-state index in [-0.39, 0.29) is 32.6 Å². The first-order valence-corrected chi connectivity index (χ1v) is 9.25. The minimum Gasteiger partial charge on any atom is -0.465 e. The molecule has 2 amide bonds. The molecule has 28 heavy (non-hydrogen) atoms. The molecule has 1 heterocycles. The Hall–Kier alpha value is -2.91. The Balaban J connectivity index is 2.43. The third-order valence-corrected chi connectivity index (χ3v) is 5.15. The van der Waals surface area contributed by atoms with Crippen LogP contribution in [0.1, 0.15) is 36.0 Å². The van der Waals surface area contributed by atoms with E-state index in [1.807, 2.05) is 0 Å². The van der Waals surface area contributed by atoms with Crippen LogP contribution in [0.2, 0.25) is 0 Å². The number of hydrogen-bond donors (Lipinski definition) is 2. The molecule has 148 valence electrons. The molecular weight excluding hydrogens is 408 g/mol. The number of para-hydroxylation sites is 1. The summed E-state index contributed by atoms with van der Waals surface area (Å²) < 4.78 is 9.44. The summed E-state index contributed by atoms with van der Waals surface area (Å²) in [5, 5.41) is 5.27. The molecule has 10 heteroatoms. The van der Waals surface area contributed by atoms with E-state index in [4.69, 9.17) is 21.1 Å². The zero-order chi connectivity index (χ0) is 20.8. The van der Waals surface area contributed by atoms with Gasteiger partial charge in [-0.1, -0.05) is 12.1 Å². The summed E-state index contributed by atoms with van der Waals surface area (Å²) in [6.45, 7) is 1.56. The summed E-state index contributed by atoms with van der Waals surface area (Å²) in [6.07, 6.45) is 0. The molecule has 0 spiro atoms. The Kier molecular flexibility index (Phi) is 7.13. The van der Waals surface area contributed by atoms with Gasteiger partial charge in [0.15, 0.2) is 0 Å². The van der Waals surface area contributed by atoms with Gasteiger partial charge in [-0.2, -0.15) is 0 Å². The molecule has 0 bridgehead atoms. The van der Waals surface area contributed by atoms with E-state index in [1.165, 1.54) is 20.3 Å². The fourth-order valence-corrected chi connectivity index (χ4v) is 3.56. The molecule has 0 aliphatic rings. The summed E-state index contributed by atoms with van der Waals surface area (Å²) >= 11 is 6.40. The maximum absolute atomic E-state index is 12.8. The number of halogens is 1. The van der Waals surface area contributed by atoms with Crippen molar-refractivity contribution in [1.82, 2.24) is 0 Å². The predicted molar refractivity (Wildman–Crippen MR) is 105 cm³/mol. The van der Waals surface area contributed by atoms with Gasteiger partial charge in [0.1, 0.15) is 10.9 Å². The summed E-state index contributed by atoms with van der Waals surface area (Å²) in [5.74, 6) is -2.71. The molecule has 0 aliphatic carbocycles. The van der Waals surface area contributed by atoms with Gasteiger partial charge in [-0.15, -0.1) is 22.9 Å². The summed E-state index contributed by atoms with van der Waals surface area (Å²) in [6, 6.07) is 6.34. The SMILES string of the molecule is COC(=O)c1ccccc1NC(=O)c1sc(NC(=O)CCl)c(C(=O)OC)c1C. The second-order valence-corrected chi connectivity index (χ2v) is 6.71. The van der Waals surface area contributed by atoms with Crippen molar-refractivity contribution in [1.29, 1.82) is 0 Å². The van der Waals surface area contributed by atoms with Crippen molar-refractivity contribution in [3.05, 3.63) is 45.8 Å². The van der Waals surface area contributed by atoms with E-state index in [1.54, 1.807) is 25.1 Å². The molecule has 0 atom stereocenters. The van der Waals surface area contributed by atoms with Gasteiger partial charge in [0.25, 0.3) is 5.91 Å². The Labute approximate surface area is 169 Å². The number of ether oxygens (including phenoxy) is 2. The van der Waals surface area contributed by atoms with Crippen molar-refractivity contribution >= 4 is 57.4 Å². The number of esters is 2. The summed E-state index contributed by atoms with van der Waals surface area (Å²) in [5.41, 5.74) is 0.821. The van der Waals surface area contributed by atoms with Crippen LogP contribution in [-0.4, -0.2) is 43.9 Å². The first-order chi connectivity index (χ1) is 13.3. The third-order valence-electron chi connectivity index (χ3n) is 3.70. The van der Waals surface area contributed by atoms with Gasteiger partial charge in [-0.3, -0.25) is 9.59 Å². The molecule has 0 radical (unpaired) electrons. The van der Waals surface area contributed by atoms with Crippen molar-refractivity contribution in [3.63, 3.8) is 0 Å². The van der Waals surface area contributed by atoms with Crippen LogP contribution >= 0.6 is 22.9 Å². The fraction of sp³-hybridized carbons (Fsp3) is 0.222. The standard InChI is InChI=1S/C18H17ClN2O6S/c1-9-13(18(25)27-3)16(21-12(22)8-19)28-14(9)15(23)20-11-7-5-4-6-10(11)17(24)26-2/h4-7H,8H2,1-3H3,(H,20,23)(H,21,22). The van der Waals surface area contributed by atoms with Crippen LogP contribution in [-0.2, 0) is 14.3 Å². The highest BCUT2D eigenvalue weighted by atomic mass is 35.5. The Morgan fingerprint density at radius 1 is 1.04 bits per heavy atom. The smallest absolute Gasteiger partial charge is 0.341 e. The molecule has 1 aromatic carbocycles. The maximum atomic E-state index is 12.8. The van der Waals surface area contributed by atoms with E-state index < -0.39 is 23.8 Å². The van der Waals surface area contributed by atoms with Crippen LogP contribution in [0.5, 0.6) is 0 Å². The molecule has 2 rings (SSSR count). The van der Waals surface area contributed by atoms with Crippen LogP contribution in [0.3, 0.4) is 0 Å². The predicted octanol–water partition coefficient (Wildman–Crippen LogP) is 3.06. The van der Waals surface area contributed by atoms with Crippen LogP contribution in [0, 0.1) is 6.92 Å². The van der Waals surface area contributed by atoms with Crippen molar-refractivity contribution < 1.29 is 28.7 Å². The van der Waals surface area contributed by atoms with Gasteiger partial charge in [0.2, 0.25) is 5.91 Å². The van der Waals surface area contributed by atoms with Crippen LogP contribution in [0.4, 0.5) is 10.7 Å². The molecular formula is C18H17ClN2O6S. The Morgan fingerprint density at radius 2 is 1.68 bits per heavy atom. The lowest BCUT2D eigenvalue weighted by atomic mass is 10.1. The Bertz CT molecular complexity index is 940. The minimum atomic E-state index is -0.701. The molecule has 0 saturated heterocycles. The van der Waals surface area contributed by atoms with Gasteiger partial charge in [0, 0.05) is 0 Å². The minimum absolute atomic E-state index is 0.0670. The average molecular weight is 425 g/mol. The van der Waals surface area contributed by atoms with Gasteiger partial charge in [-0.05, 0) is 24.6 Å². The molecule has 1 aromatic heterocycles. The molecule has 0 fully saturated rings. The highest BCUT2D eigenvalue weighted by molar-refractivity contribution is 7.19. The number of nitrogens with one attached hydrogen (secondary N) is 2. The van der Waals surface area contributed by atoms with Crippen molar-refractivity contribution in [2.24, 2.45) is 0 Å². The normalized spacial score (nSPS) is 10.1. The second-order valence-electron chi connectivity index (χ2n) is 5.42. The number of carbonyl (C=O) groups excluding carboxylic acids is 4. The number of anilines is 2. The number of carbonyl (C=O) groups is 4. The van der Waals surface area contributed by atoms with Crippen LogP contribution in [0.15, 0.2) is 24.3 Å². The highest BCUT2D eigenvalue weighted by Gasteiger charge is 2.27. The van der Waals surface area contributed by atoms with E-state index in [9.17, 15) is 19.2 Å². The topological polar surface area (TPSA) is 111 Å². The number of amides is 2. The van der Waals surface area contributed by atoms with E-state index in [0.717, 1.165) is 11.3 Å². The van der Waals surface area contributed by atoms with E-state index in [2.05, 4.69) is 10.6 Å².